The van der Waals surface area contributed by atoms with Crippen LogP contribution in [0.2, 0.25) is 0 Å². The zero-order valence-corrected chi connectivity index (χ0v) is 19.7. The van der Waals surface area contributed by atoms with Crippen molar-refractivity contribution in [1.82, 2.24) is 20.2 Å². The molecule has 1 aromatic heterocycles. The summed E-state index contributed by atoms with van der Waals surface area (Å²) in [5.41, 5.74) is 1.33. The Balaban J connectivity index is 1.72. The van der Waals surface area contributed by atoms with Gasteiger partial charge in [0.1, 0.15) is 0 Å². The number of nitrogens with one attached hydrogen (secondary N) is 1. The molecule has 0 spiro atoms. The number of piperazine rings is 1. The molecule has 1 atom stereocenters. The van der Waals surface area contributed by atoms with Crippen molar-refractivity contribution in [3.63, 3.8) is 0 Å². The van der Waals surface area contributed by atoms with Gasteiger partial charge in [0, 0.05) is 58.3 Å². The van der Waals surface area contributed by atoms with Crippen LogP contribution in [-0.2, 0) is 4.74 Å². The summed E-state index contributed by atoms with van der Waals surface area (Å²) < 4.78 is 5.62. The van der Waals surface area contributed by atoms with E-state index in [9.17, 15) is 0 Å². The Labute approximate surface area is 184 Å². The van der Waals surface area contributed by atoms with Gasteiger partial charge < -0.3 is 15.0 Å². The standard InChI is InChI=1S/C24H45N5O/c1-4-6-7-8-11-22(10-5-2)23-20-26-24(27-21-23)29-16-14-28(15-17-29)13-9-18-30-19-12-25-3/h20-22,25H,4-19H2,1-3H3. The van der Waals surface area contributed by atoms with E-state index in [1.807, 2.05) is 7.05 Å². The van der Waals surface area contributed by atoms with E-state index in [1.54, 1.807) is 0 Å². The van der Waals surface area contributed by atoms with Crippen molar-refractivity contribution in [2.24, 2.45) is 0 Å². The van der Waals surface area contributed by atoms with E-state index in [4.69, 9.17) is 14.7 Å². The van der Waals surface area contributed by atoms with Gasteiger partial charge in [-0.05, 0) is 37.8 Å². The molecule has 1 aromatic rings. The van der Waals surface area contributed by atoms with Crippen molar-refractivity contribution >= 4 is 5.95 Å². The molecule has 2 rings (SSSR count). The van der Waals surface area contributed by atoms with Gasteiger partial charge in [-0.2, -0.15) is 0 Å². The normalized spacial score (nSPS) is 16.2. The van der Waals surface area contributed by atoms with E-state index in [0.717, 1.165) is 64.9 Å². The molecule has 1 saturated heterocycles. The van der Waals surface area contributed by atoms with Crippen molar-refractivity contribution in [3.8, 4) is 0 Å². The van der Waals surface area contributed by atoms with Crippen molar-refractivity contribution in [1.29, 1.82) is 0 Å². The Bertz CT molecular complexity index is 531. The Morgan fingerprint density at radius 3 is 2.37 bits per heavy atom. The minimum Gasteiger partial charge on any atom is -0.380 e. The molecule has 2 heterocycles. The van der Waals surface area contributed by atoms with Crippen molar-refractivity contribution in [3.05, 3.63) is 18.0 Å². The third kappa shape index (κ3) is 9.27. The lowest BCUT2D eigenvalue weighted by Crippen LogP contribution is -2.47. The predicted molar refractivity (Wildman–Crippen MR) is 126 cm³/mol. The molecule has 1 fully saturated rings. The van der Waals surface area contributed by atoms with E-state index < -0.39 is 0 Å². The van der Waals surface area contributed by atoms with Crippen LogP contribution in [0.1, 0.15) is 76.7 Å². The largest absolute Gasteiger partial charge is 0.380 e. The van der Waals surface area contributed by atoms with Crippen molar-refractivity contribution in [2.45, 2.75) is 71.1 Å². The molecule has 6 heteroatoms. The highest BCUT2D eigenvalue weighted by atomic mass is 16.5. The van der Waals surface area contributed by atoms with Gasteiger partial charge in [0.05, 0.1) is 6.61 Å². The molecule has 1 aliphatic rings. The lowest BCUT2D eigenvalue weighted by molar-refractivity contribution is 0.122. The summed E-state index contributed by atoms with van der Waals surface area (Å²) in [6.45, 7) is 12.4. The Morgan fingerprint density at radius 1 is 0.933 bits per heavy atom. The summed E-state index contributed by atoms with van der Waals surface area (Å²) in [5, 5.41) is 3.10. The number of aromatic nitrogens is 2. The minimum absolute atomic E-state index is 0.619. The van der Waals surface area contributed by atoms with Crippen LogP contribution < -0.4 is 10.2 Å². The zero-order chi connectivity index (χ0) is 21.4. The average Bonchev–Trinajstić information content (AvgIpc) is 2.79. The smallest absolute Gasteiger partial charge is 0.225 e. The number of ether oxygens (including phenoxy) is 1. The number of unbranched alkanes of at least 4 members (excludes halogenated alkanes) is 3. The summed E-state index contributed by atoms with van der Waals surface area (Å²) >= 11 is 0. The fourth-order valence-electron chi connectivity index (χ4n) is 4.19. The van der Waals surface area contributed by atoms with Gasteiger partial charge in [-0.25, -0.2) is 9.97 Å². The first-order chi connectivity index (χ1) is 14.8. The Hall–Kier alpha value is -1.24. The van der Waals surface area contributed by atoms with Crippen LogP contribution in [0.4, 0.5) is 5.95 Å². The van der Waals surface area contributed by atoms with Crippen LogP contribution in [0.15, 0.2) is 12.4 Å². The number of hydrogen-bond donors (Lipinski definition) is 1. The quantitative estimate of drug-likeness (QED) is 0.408. The van der Waals surface area contributed by atoms with Gasteiger partial charge >= 0.3 is 0 Å². The SMILES string of the molecule is CCCCCCC(CCC)c1cnc(N2CCN(CCCOCCNC)CC2)nc1. The third-order valence-corrected chi connectivity index (χ3v) is 6.09. The molecule has 1 N–H and O–H groups in total. The van der Waals surface area contributed by atoms with E-state index in [0.29, 0.717) is 5.92 Å². The maximum Gasteiger partial charge on any atom is 0.225 e. The van der Waals surface area contributed by atoms with E-state index in [1.165, 1.54) is 50.5 Å². The molecule has 0 saturated carbocycles. The molecule has 30 heavy (non-hydrogen) atoms. The third-order valence-electron chi connectivity index (χ3n) is 6.09. The maximum absolute atomic E-state index is 5.62. The zero-order valence-electron chi connectivity index (χ0n) is 19.7. The van der Waals surface area contributed by atoms with Gasteiger partial charge in [0.25, 0.3) is 0 Å². The highest BCUT2D eigenvalue weighted by Crippen LogP contribution is 2.27. The van der Waals surface area contributed by atoms with Crippen molar-refractivity contribution in [2.75, 3.05) is 64.4 Å². The molecular formula is C24H45N5O. The van der Waals surface area contributed by atoms with Gasteiger partial charge in [0.2, 0.25) is 5.95 Å². The minimum atomic E-state index is 0.619. The lowest BCUT2D eigenvalue weighted by atomic mass is 9.91. The van der Waals surface area contributed by atoms with Crippen LogP contribution in [0, 0.1) is 0 Å². The topological polar surface area (TPSA) is 53.5 Å². The molecular weight excluding hydrogens is 374 g/mol. The van der Waals surface area contributed by atoms with Gasteiger partial charge in [-0.1, -0.05) is 46.0 Å². The summed E-state index contributed by atoms with van der Waals surface area (Å²) in [6, 6.07) is 0. The highest BCUT2D eigenvalue weighted by molar-refractivity contribution is 5.31. The summed E-state index contributed by atoms with van der Waals surface area (Å²) in [6.07, 6.45) is 14.4. The van der Waals surface area contributed by atoms with E-state index in [-0.39, 0.29) is 0 Å². The fraction of sp³-hybridized carbons (Fsp3) is 0.833. The summed E-state index contributed by atoms with van der Waals surface area (Å²) in [5.74, 6) is 1.52. The summed E-state index contributed by atoms with van der Waals surface area (Å²) in [7, 11) is 1.96. The molecule has 0 aliphatic carbocycles. The van der Waals surface area contributed by atoms with Gasteiger partial charge in [-0.3, -0.25) is 4.90 Å². The Kier molecular flexibility index (Phi) is 13.0. The average molecular weight is 420 g/mol. The second-order valence-electron chi connectivity index (χ2n) is 8.55. The number of nitrogens with zero attached hydrogens (tertiary/aromatic N) is 4. The first-order valence-corrected chi connectivity index (χ1v) is 12.3. The van der Waals surface area contributed by atoms with Gasteiger partial charge in [-0.15, -0.1) is 0 Å². The van der Waals surface area contributed by atoms with E-state index >= 15 is 0 Å². The highest BCUT2D eigenvalue weighted by Gasteiger charge is 2.19. The number of likely N-dealkylation sites (N-methyl/N-ethyl adjacent to an activating group) is 1. The van der Waals surface area contributed by atoms with Crippen molar-refractivity contribution < 1.29 is 4.74 Å². The Morgan fingerprint density at radius 2 is 1.70 bits per heavy atom. The number of anilines is 1. The molecule has 0 aromatic carbocycles. The van der Waals surface area contributed by atoms with Crippen LogP contribution >= 0.6 is 0 Å². The first kappa shape index (κ1) is 25.0. The molecule has 1 unspecified atom stereocenters. The predicted octanol–water partition coefficient (Wildman–Crippen LogP) is 4.08. The fourth-order valence-corrected chi connectivity index (χ4v) is 4.19. The molecule has 6 nitrogen and oxygen atoms in total. The van der Waals surface area contributed by atoms with Crippen LogP contribution in [0.25, 0.3) is 0 Å². The molecule has 1 aliphatic heterocycles. The second-order valence-corrected chi connectivity index (χ2v) is 8.55. The van der Waals surface area contributed by atoms with Crippen LogP contribution in [0.5, 0.6) is 0 Å². The molecule has 172 valence electrons. The summed E-state index contributed by atoms with van der Waals surface area (Å²) in [4.78, 5) is 14.4. The van der Waals surface area contributed by atoms with Crippen LogP contribution in [0.3, 0.4) is 0 Å². The lowest BCUT2D eigenvalue weighted by Gasteiger charge is -2.34. The molecule has 0 bridgehead atoms. The molecule has 0 radical (unpaired) electrons. The first-order valence-electron chi connectivity index (χ1n) is 12.3. The van der Waals surface area contributed by atoms with Gasteiger partial charge in [0.15, 0.2) is 0 Å². The number of hydrogen-bond acceptors (Lipinski definition) is 6. The van der Waals surface area contributed by atoms with E-state index in [2.05, 4.69) is 41.4 Å². The number of rotatable bonds is 16. The monoisotopic (exact) mass is 419 g/mol. The maximum atomic E-state index is 5.62. The molecule has 0 amide bonds. The second kappa shape index (κ2) is 15.5. The van der Waals surface area contributed by atoms with Crippen LogP contribution in [-0.4, -0.2) is 74.4 Å².